The number of rotatable bonds is 3. The van der Waals surface area contributed by atoms with E-state index in [-0.39, 0.29) is 0 Å². The molecule has 0 saturated carbocycles. The second kappa shape index (κ2) is 7.21. The second-order valence-corrected chi connectivity index (χ2v) is 9.98. The zero-order valence-electron chi connectivity index (χ0n) is 16.7. The van der Waals surface area contributed by atoms with Gasteiger partial charge in [0.1, 0.15) is 0 Å². The van der Waals surface area contributed by atoms with Gasteiger partial charge >= 0.3 is 0 Å². The molecule has 0 bridgehead atoms. The van der Waals surface area contributed by atoms with E-state index in [0.29, 0.717) is 15.7 Å². The van der Waals surface area contributed by atoms with Gasteiger partial charge in [0.05, 0.1) is 16.0 Å². The average molecular weight is 396 g/mol. The van der Waals surface area contributed by atoms with E-state index in [1.165, 1.54) is 6.42 Å². The molecule has 1 fully saturated rings. The Hall–Kier alpha value is -2.40. The Labute approximate surface area is 167 Å². The molecular weight excluding hydrogens is 368 g/mol. The molecule has 1 N–H and O–H groups in total. The van der Waals surface area contributed by atoms with Crippen molar-refractivity contribution in [3.63, 3.8) is 0 Å². The number of hydrogen-bond acceptors (Lipinski definition) is 3. The molecule has 0 aliphatic carbocycles. The molecule has 28 heavy (non-hydrogen) atoms. The monoisotopic (exact) mass is 395 g/mol. The number of nitrogens with one attached hydrogen (secondary N) is 1. The topological polar surface area (TPSA) is 51.5 Å². The summed E-state index contributed by atoms with van der Waals surface area (Å²) in [6, 6.07) is 13.3. The van der Waals surface area contributed by atoms with E-state index in [9.17, 15) is 8.42 Å². The van der Waals surface area contributed by atoms with Crippen molar-refractivity contribution in [2.24, 2.45) is 5.92 Å². The summed E-state index contributed by atoms with van der Waals surface area (Å²) in [5.74, 6) is 0.549. The van der Waals surface area contributed by atoms with E-state index < -0.39 is 9.84 Å². The van der Waals surface area contributed by atoms with Gasteiger partial charge in [-0.3, -0.25) is 0 Å². The molecule has 0 amide bonds. The summed E-state index contributed by atoms with van der Waals surface area (Å²) in [7, 11) is -3.63. The highest BCUT2D eigenvalue weighted by Crippen LogP contribution is 2.37. The van der Waals surface area contributed by atoms with Crippen molar-refractivity contribution < 1.29 is 13.4 Å². The Kier molecular flexibility index (Phi) is 4.88. The molecule has 3 aromatic rings. The van der Waals surface area contributed by atoms with Crippen molar-refractivity contribution in [3.05, 3.63) is 59.8 Å². The summed E-state index contributed by atoms with van der Waals surface area (Å²) in [5, 5.41) is 0.974. The normalized spacial score (nSPS) is 17.8. The highest BCUT2D eigenvalue weighted by Gasteiger charge is 2.31. The SMILES string of the molecule is Cc1ccc(S(=O)(=O)c2c[nH+]c3ccc(C)cc3c2N2CCC[C@H](C)C2)cc1. The van der Waals surface area contributed by atoms with Gasteiger partial charge in [0.25, 0.3) is 0 Å². The molecule has 4 nitrogen and oxygen atoms in total. The second-order valence-electron chi connectivity index (χ2n) is 8.06. The predicted octanol–water partition coefficient (Wildman–Crippen LogP) is 4.34. The van der Waals surface area contributed by atoms with Gasteiger partial charge in [-0.1, -0.05) is 30.7 Å². The fraction of sp³-hybridized carbons (Fsp3) is 0.348. The zero-order valence-corrected chi connectivity index (χ0v) is 17.5. The predicted molar refractivity (Wildman–Crippen MR) is 112 cm³/mol. The standard InChI is InChI=1S/C23H26N2O2S/c1-16-6-9-19(10-7-16)28(26,27)22-14-24-21-11-8-17(2)13-20(21)23(22)25-12-4-5-18(3)15-25/h6-11,13-14,18H,4-5,12,15H2,1-3H3/p+1/t18-/m0/s1. The minimum Gasteiger partial charge on any atom is -0.369 e. The number of nitrogens with zero attached hydrogens (tertiary/aromatic N) is 1. The lowest BCUT2D eigenvalue weighted by Gasteiger charge is -2.34. The van der Waals surface area contributed by atoms with Crippen molar-refractivity contribution in [1.29, 1.82) is 0 Å². The first-order valence-electron chi connectivity index (χ1n) is 9.88. The largest absolute Gasteiger partial charge is 0.369 e. The summed E-state index contributed by atoms with van der Waals surface area (Å²) in [5.41, 5.74) is 3.97. The summed E-state index contributed by atoms with van der Waals surface area (Å²) in [6.45, 7) is 8.01. The Bertz CT molecular complexity index is 1120. The van der Waals surface area contributed by atoms with Gasteiger partial charge in [-0.2, -0.15) is 0 Å². The lowest BCUT2D eigenvalue weighted by Crippen LogP contribution is -2.35. The number of piperidine rings is 1. The number of benzene rings is 2. The first-order valence-corrected chi connectivity index (χ1v) is 11.4. The van der Waals surface area contributed by atoms with Crippen molar-refractivity contribution >= 4 is 26.4 Å². The van der Waals surface area contributed by atoms with Crippen LogP contribution in [0.2, 0.25) is 0 Å². The number of pyridine rings is 1. The van der Waals surface area contributed by atoms with Crippen molar-refractivity contribution in [1.82, 2.24) is 0 Å². The van der Waals surface area contributed by atoms with Gasteiger partial charge in [-0.05, 0) is 56.4 Å². The molecule has 5 heteroatoms. The van der Waals surface area contributed by atoms with Gasteiger partial charge in [0.15, 0.2) is 11.1 Å². The van der Waals surface area contributed by atoms with Crippen LogP contribution < -0.4 is 9.88 Å². The van der Waals surface area contributed by atoms with Crippen molar-refractivity contribution in [2.45, 2.75) is 43.4 Å². The Morgan fingerprint density at radius 1 is 1.04 bits per heavy atom. The molecule has 2 heterocycles. The number of H-pyrrole nitrogens is 1. The van der Waals surface area contributed by atoms with Gasteiger partial charge in [0.2, 0.25) is 15.4 Å². The maximum Gasteiger partial charge on any atom is 0.214 e. The number of fused-ring (bicyclic) bond motifs is 1. The van der Waals surface area contributed by atoms with Crippen molar-refractivity contribution in [2.75, 3.05) is 18.0 Å². The van der Waals surface area contributed by atoms with Crippen LogP contribution in [0, 0.1) is 19.8 Å². The minimum atomic E-state index is -3.63. The average Bonchev–Trinajstić information content (AvgIpc) is 2.67. The summed E-state index contributed by atoms with van der Waals surface area (Å²) in [6.07, 6.45) is 3.94. The first kappa shape index (κ1) is 18.9. The lowest BCUT2D eigenvalue weighted by molar-refractivity contribution is -0.347. The van der Waals surface area contributed by atoms with E-state index in [1.807, 2.05) is 32.0 Å². The van der Waals surface area contributed by atoms with Crippen LogP contribution in [0.3, 0.4) is 0 Å². The van der Waals surface area contributed by atoms with Gasteiger partial charge in [-0.25, -0.2) is 13.4 Å². The van der Waals surface area contributed by atoms with Crippen LogP contribution in [0.5, 0.6) is 0 Å². The van der Waals surface area contributed by atoms with E-state index in [0.717, 1.165) is 47.2 Å². The maximum atomic E-state index is 13.6. The molecule has 1 aliphatic heterocycles. The molecule has 2 aromatic carbocycles. The van der Waals surface area contributed by atoms with E-state index in [2.05, 4.69) is 28.9 Å². The molecule has 4 rings (SSSR count). The molecule has 0 unspecified atom stereocenters. The van der Waals surface area contributed by atoms with Gasteiger partial charge in [0, 0.05) is 19.2 Å². The minimum absolute atomic E-state index is 0.338. The summed E-state index contributed by atoms with van der Waals surface area (Å²) >= 11 is 0. The number of aromatic nitrogens is 1. The Morgan fingerprint density at radius 3 is 2.46 bits per heavy atom. The number of hydrogen-bond donors (Lipinski definition) is 0. The fourth-order valence-corrected chi connectivity index (χ4v) is 5.55. The molecule has 146 valence electrons. The van der Waals surface area contributed by atoms with Crippen LogP contribution in [-0.4, -0.2) is 21.5 Å². The van der Waals surface area contributed by atoms with Gasteiger partial charge in [-0.15, -0.1) is 0 Å². The molecule has 0 spiro atoms. The van der Waals surface area contributed by atoms with Crippen LogP contribution in [0.15, 0.2) is 58.5 Å². The quantitative estimate of drug-likeness (QED) is 0.663. The number of sulfone groups is 1. The van der Waals surface area contributed by atoms with Crippen LogP contribution in [0.1, 0.15) is 30.9 Å². The van der Waals surface area contributed by atoms with Crippen LogP contribution >= 0.6 is 0 Å². The molecule has 0 radical (unpaired) electrons. The third kappa shape index (κ3) is 3.39. The third-order valence-electron chi connectivity index (χ3n) is 5.62. The van der Waals surface area contributed by atoms with Gasteiger partial charge < -0.3 is 4.90 Å². The van der Waals surface area contributed by atoms with E-state index in [4.69, 9.17) is 0 Å². The number of aromatic amines is 1. The third-order valence-corrected chi connectivity index (χ3v) is 7.40. The maximum absolute atomic E-state index is 13.6. The Morgan fingerprint density at radius 2 is 1.75 bits per heavy atom. The lowest BCUT2D eigenvalue weighted by atomic mass is 9.99. The van der Waals surface area contributed by atoms with E-state index >= 15 is 0 Å². The Balaban J connectivity index is 1.97. The fourth-order valence-electron chi connectivity index (χ4n) is 4.09. The summed E-state index contributed by atoms with van der Waals surface area (Å²) in [4.78, 5) is 6.19. The van der Waals surface area contributed by atoms with Crippen molar-refractivity contribution in [3.8, 4) is 0 Å². The number of anilines is 1. The highest BCUT2D eigenvalue weighted by molar-refractivity contribution is 7.91. The molecule has 1 aromatic heterocycles. The number of aryl methyl sites for hydroxylation is 2. The van der Waals surface area contributed by atoms with Crippen LogP contribution in [0.25, 0.3) is 10.9 Å². The molecule has 1 aliphatic rings. The molecule has 1 atom stereocenters. The van der Waals surface area contributed by atoms with E-state index in [1.54, 1.807) is 18.3 Å². The first-order chi connectivity index (χ1) is 13.4. The zero-order chi connectivity index (χ0) is 19.9. The summed E-state index contributed by atoms with van der Waals surface area (Å²) < 4.78 is 27.1. The molecule has 1 saturated heterocycles. The van der Waals surface area contributed by atoms with Crippen LogP contribution in [0.4, 0.5) is 5.69 Å². The highest BCUT2D eigenvalue weighted by atomic mass is 32.2. The van der Waals surface area contributed by atoms with Crippen LogP contribution in [-0.2, 0) is 9.84 Å². The molecular formula is C23H27N2O2S+. The smallest absolute Gasteiger partial charge is 0.214 e.